The average molecular weight is 149 g/mol. The number of nitrogens with zero attached hydrogens (tertiary/aromatic N) is 1. The molecule has 2 N–H and O–H groups in total. The molecule has 11 heavy (non-hydrogen) atoms. The normalized spacial score (nSPS) is 8.64. The van der Waals surface area contributed by atoms with Crippen LogP contribution in [0.1, 0.15) is 10.6 Å². The summed E-state index contributed by atoms with van der Waals surface area (Å²) in [5.74, 6) is 2.28. The summed E-state index contributed by atoms with van der Waals surface area (Å²) in [6.07, 6.45) is 8.01. The van der Waals surface area contributed by atoms with Gasteiger partial charge in [0.2, 0.25) is 0 Å². The predicted octanol–water partition coefficient (Wildman–Crippen LogP) is -0.227. The molecular formula is C7H7N3O. The highest BCUT2D eigenvalue weighted by molar-refractivity contribution is 5.90. The lowest BCUT2D eigenvalue weighted by molar-refractivity contribution is 0.0949. The Labute approximate surface area is 64.0 Å². The molecule has 4 nitrogen and oxygen atoms in total. The van der Waals surface area contributed by atoms with Crippen molar-refractivity contribution in [3.8, 4) is 12.3 Å². The molecule has 0 aliphatic carbocycles. The maximum atomic E-state index is 11.0. The van der Waals surface area contributed by atoms with E-state index >= 15 is 0 Å². The number of imidazole rings is 1. The van der Waals surface area contributed by atoms with Crippen LogP contribution < -0.4 is 5.32 Å². The van der Waals surface area contributed by atoms with E-state index in [1.165, 1.54) is 6.20 Å². The predicted molar refractivity (Wildman–Crippen MR) is 39.8 cm³/mol. The second-order valence-corrected chi connectivity index (χ2v) is 1.82. The number of rotatable bonds is 2. The average Bonchev–Trinajstić information content (AvgIpc) is 2.52. The van der Waals surface area contributed by atoms with Crippen molar-refractivity contribution in [2.75, 3.05) is 6.54 Å². The second kappa shape index (κ2) is 3.42. The summed E-state index contributed by atoms with van der Waals surface area (Å²) in [4.78, 5) is 17.4. The van der Waals surface area contributed by atoms with Crippen LogP contribution in [-0.2, 0) is 0 Å². The monoisotopic (exact) mass is 149 g/mol. The quantitative estimate of drug-likeness (QED) is 0.571. The van der Waals surface area contributed by atoms with E-state index in [2.05, 4.69) is 21.2 Å². The van der Waals surface area contributed by atoms with Gasteiger partial charge in [0.15, 0.2) is 5.82 Å². The third-order valence-corrected chi connectivity index (χ3v) is 1.06. The SMILES string of the molecule is C#CCNC(=O)c1ncc[nH]1. The first kappa shape index (κ1) is 7.35. The topological polar surface area (TPSA) is 57.8 Å². The second-order valence-electron chi connectivity index (χ2n) is 1.82. The van der Waals surface area contributed by atoms with Crippen molar-refractivity contribution in [3.05, 3.63) is 18.2 Å². The third kappa shape index (κ3) is 1.83. The van der Waals surface area contributed by atoms with Gasteiger partial charge in [0, 0.05) is 12.4 Å². The standard InChI is InChI=1S/C7H7N3O/c1-2-3-10-7(11)6-8-4-5-9-6/h1,4-5H,3H2,(H,8,9)(H,10,11). The molecule has 1 aromatic heterocycles. The summed E-state index contributed by atoms with van der Waals surface area (Å²) in [5.41, 5.74) is 0. The minimum atomic E-state index is -0.284. The minimum Gasteiger partial charge on any atom is -0.341 e. The minimum absolute atomic E-state index is 0.222. The van der Waals surface area contributed by atoms with Crippen LogP contribution in [0, 0.1) is 12.3 Å². The van der Waals surface area contributed by atoms with Crippen LogP contribution >= 0.6 is 0 Å². The summed E-state index contributed by atoms with van der Waals surface area (Å²) >= 11 is 0. The van der Waals surface area contributed by atoms with Crippen LogP contribution in [0.4, 0.5) is 0 Å². The number of aromatic nitrogens is 2. The maximum Gasteiger partial charge on any atom is 0.287 e. The van der Waals surface area contributed by atoms with Gasteiger partial charge in [-0.15, -0.1) is 6.42 Å². The zero-order valence-corrected chi connectivity index (χ0v) is 5.79. The van der Waals surface area contributed by atoms with Crippen LogP contribution in [0.3, 0.4) is 0 Å². The first-order valence-corrected chi connectivity index (χ1v) is 3.05. The van der Waals surface area contributed by atoms with E-state index in [1.54, 1.807) is 6.20 Å². The van der Waals surface area contributed by atoms with Crippen molar-refractivity contribution >= 4 is 5.91 Å². The molecule has 1 amide bonds. The van der Waals surface area contributed by atoms with E-state index < -0.39 is 0 Å². The van der Waals surface area contributed by atoms with Crippen molar-refractivity contribution in [3.63, 3.8) is 0 Å². The first-order chi connectivity index (χ1) is 5.34. The molecule has 0 saturated heterocycles. The molecule has 0 aliphatic heterocycles. The lowest BCUT2D eigenvalue weighted by Gasteiger charge is -1.94. The number of hydrogen-bond donors (Lipinski definition) is 2. The van der Waals surface area contributed by atoms with Crippen LogP contribution in [0.2, 0.25) is 0 Å². The van der Waals surface area contributed by atoms with Gasteiger partial charge in [0.05, 0.1) is 6.54 Å². The molecule has 0 spiro atoms. The van der Waals surface area contributed by atoms with E-state index in [0.29, 0.717) is 0 Å². The Morgan fingerprint density at radius 3 is 3.27 bits per heavy atom. The van der Waals surface area contributed by atoms with Crippen molar-refractivity contribution in [2.24, 2.45) is 0 Å². The van der Waals surface area contributed by atoms with E-state index in [0.717, 1.165) is 0 Å². The summed E-state index contributed by atoms with van der Waals surface area (Å²) in [5, 5.41) is 2.47. The van der Waals surface area contributed by atoms with Crippen molar-refractivity contribution in [1.82, 2.24) is 15.3 Å². The highest BCUT2D eigenvalue weighted by atomic mass is 16.2. The highest BCUT2D eigenvalue weighted by Gasteiger charge is 2.04. The molecule has 0 atom stereocenters. The van der Waals surface area contributed by atoms with Gasteiger partial charge in [-0.2, -0.15) is 0 Å². The molecule has 0 unspecified atom stereocenters. The Morgan fingerprint density at radius 1 is 1.91 bits per heavy atom. The Morgan fingerprint density at radius 2 is 2.73 bits per heavy atom. The van der Waals surface area contributed by atoms with Crippen molar-refractivity contribution in [2.45, 2.75) is 0 Å². The van der Waals surface area contributed by atoms with Gasteiger partial charge in [0.25, 0.3) is 5.91 Å². The number of nitrogens with one attached hydrogen (secondary N) is 2. The van der Waals surface area contributed by atoms with Gasteiger partial charge in [0.1, 0.15) is 0 Å². The number of H-pyrrole nitrogens is 1. The molecule has 0 saturated carbocycles. The summed E-state index contributed by atoms with van der Waals surface area (Å²) in [6.45, 7) is 0.222. The van der Waals surface area contributed by atoms with E-state index in [1.807, 2.05) is 0 Å². The molecule has 0 aliphatic rings. The molecule has 1 heterocycles. The van der Waals surface area contributed by atoms with Crippen molar-refractivity contribution < 1.29 is 4.79 Å². The molecular weight excluding hydrogens is 142 g/mol. The van der Waals surface area contributed by atoms with E-state index in [-0.39, 0.29) is 18.3 Å². The lowest BCUT2D eigenvalue weighted by Crippen LogP contribution is -2.24. The number of aromatic amines is 1. The number of amides is 1. The Kier molecular flexibility index (Phi) is 2.28. The first-order valence-electron chi connectivity index (χ1n) is 3.05. The maximum absolute atomic E-state index is 11.0. The van der Waals surface area contributed by atoms with Gasteiger partial charge in [-0.25, -0.2) is 4.98 Å². The lowest BCUT2D eigenvalue weighted by atomic mass is 10.5. The molecule has 0 radical (unpaired) electrons. The van der Waals surface area contributed by atoms with Crippen LogP contribution in [-0.4, -0.2) is 22.4 Å². The Balaban J connectivity index is 2.51. The summed E-state index contributed by atoms with van der Waals surface area (Å²) < 4.78 is 0. The zero-order chi connectivity index (χ0) is 8.10. The molecule has 4 heteroatoms. The Bertz CT molecular complexity index is 270. The Hall–Kier alpha value is -1.76. The molecule has 0 fully saturated rings. The largest absolute Gasteiger partial charge is 0.341 e. The number of carbonyl (C=O) groups excluding carboxylic acids is 1. The fourth-order valence-corrected chi connectivity index (χ4v) is 0.604. The number of hydrogen-bond acceptors (Lipinski definition) is 2. The van der Waals surface area contributed by atoms with Crippen LogP contribution in [0.5, 0.6) is 0 Å². The molecule has 56 valence electrons. The van der Waals surface area contributed by atoms with Gasteiger partial charge < -0.3 is 10.3 Å². The molecule has 1 aromatic rings. The highest BCUT2D eigenvalue weighted by Crippen LogP contribution is 1.85. The fourth-order valence-electron chi connectivity index (χ4n) is 0.604. The fraction of sp³-hybridized carbons (Fsp3) is 0.143. The van der Waals surface area contributed by atoms with Gasteiger partial charge in [-0.1, -0.05) is 5.92 Å². The molecule has 1 rings (SSSR count). The zero-order valence-electron chi connectivity index (χ0n) is 5.79. The third-order valence-electron chi connectivity index (χ3n) is 1.06. The number of carbonyl (C=O) groups is 1. The summed E-state index contributed by atoms with van der Waals surface area (Å²) in [6, 6.07) is 0. The molecule has 0 bridgehead atoms. The smallest absolute Gasteiger partial charge is 0.287 e. The van der Waals surface area contributed by atoms with Crippen LogP contribution in [0.15, 0.2) is 12.4 Å². The van der Waals surface area contributed by atoms with Crippen LogP contribution in [0.25, 0.3) is 0 Å². The molecule has 0 aromatic carbocycles. The van der Waals surface area contributed by atoms with E-state index in [4.69, 9.17) is 6.42 Å². The summed E-state index contributed by atoms with van der Waals surface area (Å²) in [7, 11) is 0. The number of terminal acetylenes is 1. The van der Waals surface area contributed by atoms with Gasteiger partial charge in [-0.3, -0.25) is 4.79 Å². The van der Waals surface area contributed by atoms with Crippen molar-refractivity contribution in [1.29, 1.82) is 0 Å². The van der Waals surface area contributed by atoms with Gasteiger partial charge in [-0.05, 0) is 0 Å². The van der Waals surface area contributed by atoms with Gasteiger partial charge >= 0.3 is 0 Å². The van der Waals surface area contributed by atoms with E-state index in [9.17, 15) is 4.79 Å².